The molecular formula is C11H11FN2O4. The lowest BCUT2D eigenvalue weighted by Crippen LogP contribution is -2.31. The molecule has 7 heteroatoms. The molecule has 2 N–H and O–H groups in total. The number of anilines is 1. The van der Waals surface area contributed by atoms with E-state index in [-0.39, 0.29) is 11.6 Å². The SMILES string of the molecule is O=C(O)C(Nc1cccc(F)c1[N+](=O)[O-])C1CC1. The van der Waals surface area contributed by atoms with Gasteiger partial charge in [-0.3, -0.25) is 10.1 Å². The number of nitro benzene ring substituents is 1. The van der Waals surface area contributed by atoms with Gasteiger partial charge in [0, 0.05) is 0 Å². The van der Waals surface area contributed by atoms with Gasteiger partial charge in [-0.15, -0.1) is 0 Å². The number of hydrogen-bond acceptors (Lipinski definition) is 4. The molecule has 0 aliphatic heterocycles. The van der Waals surface area contributed by atoms with E-state index >= 15 is 0 Å². The van der Waals surface area contributed by atoms with E-state index in [1.54, 1.807) is 0 Å². The maximum absolute atomic E-state index is 13.3. The van der Waals surface area contributed by atoms with Gasteiger partial charge in [-0.1, -0.05) is 6.07 Å². The van der Waals surface area contributed by atoms with E-state index < -0.39 is 28.4 Å². The average Bonchev–Trinajstić information content (AvgIpc) is 3.08. The van der Waals surface area contributed by atoms with Crippen molar-refractivity contribution in [3.63, 3.8) is 0 Å². The van der Waals surface area contributed by atoms with E-state index in [1.807, 2.05) is 0 Å². The minimum atomic E-state index is -1.09. The molecule has 0 radical (unpaired) electrons. The molecule has 0 saturated heterocycles. The predicted molar refractivity (Wildman–Crippen MR) is 60.8 cm³/mol. The van der Waals surface area contributed by atoms with Crippen molar-refractivity contribution >= 4 is 17.3 Å². The fraction of sp³-hybridized carbons (Fsp3) is 0.364. The normalized spacial score (nSPS) is 16.1. The molecule has 18 heavy (non-hydrogen) atoms. The number of hydrogen-bond donors (Lipinski definition) is 2. The van der Waals surface area contributed by atoms with Crippen LogP contribution in [-0.2, 0) is 4.79 Å². The van der Waals surface area contributed by atoms with Crippen molar-refractivity contribution in [1.29, 1.82) is 0 Å². The summed E-state index contributed by atoms with van der Waals surface area (Å²) in [5.74, 6) is -2.12. The standard InChI is InChI=1S/C11H11FN2O4/c12-7-2-1-3-8(10(7)14(17)18)13-9(11(15)16)6-4-5-6/h1-3,6,9,13H,4-5H2,(H,15,16). The molecule has 1 fully saturated rings. The Balaban J connectivity index is 2.30. The van der Waals surface area contributed by atoms with E-state index in [4.69, 9.17) is 5.11 Å². The minimum Gasteiger partial charge on any atom is -0.480 e. The average molecular weight is 254 g/mol. The number of aliphatic carboxylic acids is 1. The summed E-state index contributed by atoms with van der Waals surface area (Å²) >= 11 is 0. The molecule has 1 aliphatic rings. The van der Waals surface area contributed by atoms with Crippen LogP contribution in [0.25, 0.3) is 0 Å². The van der Waals surface area contributed by atoms with Crippen molar-refractivity contribution in [3.8, 4) is 0 Å². The molecule has 1 saturated carbocycles. The quantitative estimate of drug-likeness (QED) is 0.619. The molecule has 0 spiro atoms. The molecule has 1 aromatic rings. The summed E-state index contributed by atoms with van der Waals surface area (Å²) in [5.41, 5.74) is -0.816. The molecular weight excluding hydrogens is 243 g/mol. The van der Waals surface area contributed by atoms with Gasteiger partial charge in [0.05, 0.1) is 4.92 Å². The third-order valence-electron chi connectivity index (χ3n) is 2.84. The van der Waals surface area contributed by atoms with Crippen molar-refractivity contribution in [2.24, 2.45) is 5.92 Å². The highest BCUT2D eigenvalue weighted by atomic mass is 19.1. The van der Waals surface area contributed by atoms with Crippen LogP contribution in [0.3, 0.4) is 0 Å². The highest BCUT2D eigenvalue weighted by Crippen LogP contribution is 2.36. The second kappa shape index (κ2) is 4.59. The molecule has 0 amide bonds. The Morgan fingerprint density at radius 3 is 2.72 bits per heavy atom. The Morgan fingerprint density at radius 2 is 2.22 bits per heavy atom. The molecule has 96 valence electrons. The Morgan fingerprint density at radius 1 is 1.56 bits per heavy atom. The van der Waals surface area contributed by atoms with Crippen molar-refractivity contribution in [3.05, 3.63) is 34.1 Å². The smallest absolute Gasteiger partial charge is 0.327 e. The number of nitrogens with one attached hydrogen (secondary N) is 1. The topological polar surface area (TPSA) is 92.5 Å². The van der Waals surface area contributed by atoms with Crippen molar-refractivity contribution in [1.82, 2.24) is 0 Å². The van der Waals surface area contributed by atoms with Crippen molar-refractivity contribution < 1.29 is 19.2 Å². The van der Waals surface area contributed by atoms with Gasteiger partial charge in [0.1, 0.15) is 11.7 Å². The van der Waals surface area contributed by atoms with Crippen LogP contribution in [-0.4, -0.2) is 22.0 Å². The first-order valence-electron chi connectivity index (χ1n) is 5.43. The molecule has 0 heterocycles. The number of para-hydroxylation sites is 1. The number of benzene rings is 1. The molecule has 0 aromatic heterocycles. The zero-order valence-electron chi connectivity index (χ0n) is 9.30. The monoisotopic (exact) mass is 254 g/mol. The third kappa shape index (κ3) is 2.39. The highest BCUT2D eigenvalue weighted by molar-refractivity contribution is 5.79. The first kappa shape index (κ1) is 12.3. The summed E-state index contributed by atoms with van der Waals surface area (Å²) in [6.07, 6.45) is 1.51. The molecule has 0 bridgehead atoms. The van der Waals surface area contributed by atoms with Crippen LogP contribution < -0.4 is 5.32 Å². The van der Waals surface area contributed by atoms with Crippen LogP contribution in [0.5, 0.6) is 0 Å². The zero-order valence-corrected chi connectivity index (χ0v) is 9.30. The van der Waals surface area contributed by atoms with Crippen molar-refractivity contribution in [2.45, 2.75) is 18.9 Å². The van der Waals surface area contributed by atoms with E-state index in [0.29, 0.717) is 0 Å². The number of carboxylic acids is 1. The van der Waals surface area contributed by atoms with Gasteiger partial charge >= 0.3 is 11.7 Å². The summed E-state index contributed by atoms with van der Waals surface area (Å²) < 4.78 is 13.3. The third-order valence-corrected chi connectivity index (χ3v) is 2.84. The number of nitrogens with zero attached hydrogens (tertiary/aromatic N) is 1. The number of nitro groups is 1. The number of halogens is 1. The molecule has 1 atom stereocenters. The molecule has 1 aliphatic carbocycles. The Hall–Kier alpha value is -2.18. The highest BCUT2D eigenvalue weighted by Gasteiger charge is 2.37. The van der Waals surface area contributed by atoms with E-state index in [9.17, 15) is 19.3 Å². The fourth-order valence-electron chi connectivity index (χ4n) is 1.80. The van der Waals surface area contributed by atoms with E-state index in [0.717, 1.165) is 18.9 Å². The van der Waals surface area contributed by atoms with Gasteiger partial charge < -0.3 is 10.4 Å². The largest absolute Gasteiger partial charge is 0.480 e. The maximum Gasteiger partial charge on any atom is 0.327 e. The lowest BCUT2D eigenvalue weighted by atomic mass is 10.1. The molecule has 1 aromatic carbocycles. The van der Waals surface area contributed by atoms with Gasteiger partial charge in [0.15, 0.2) is 0 Å². The number of carboxylic acid groups (broad SMARTS) is 1. The van der Waals surface area contributed by atoms with Crippen molar-refractivity contribution in [2.75, 3.05) is 5.32 Å². The van der Waals surface area contributed by atoms with Gasteiger partial charge in [-0.25, -0.2) is 4.79 Å². The van der Waals surface area contributed by atoms with Crippen LogP contribution in [0.15, 0.2) is 18.2 Å². The van der Waals surface area contributed by atoms with E-state index in [2.05, 4.69) is 5.32 Å². The number of rotatable bonds is 5. The van der Waals surface area contributed by atoms with Gasteiger partial charge in [0.2, 0.25) is 5.82 Å². The lowest BCUT2D eigenvalue weighted by Gasteiger charge is -2.14. The maximum atomic E-state index is 13.3. The van der Waals surface area contributed by atoms with Crippen LogP contribution >= 0.6 is 0 Å². The van der Waals surface area contributed by atoms with Gasteiger partial charge in [0.25, 0.3) is 0 Å². The van der Waals surface area contributed by atoms with Crippen LogP contribution in [0.2, 0.25) is 0 Å². The zero-order chi connectivity index (χ0) is 13.3. The second-order valence-electron chi connectivity index (χ2n) is 4.19. The van der Waals surface area contributed by atoms with Crippen LogP contribution in [0.1, 0.15) is 12.8 Å². The summed E-state index contributed by atoms with van der Waals surface area (Å²) in [7, 11) is 0. The van der Waals surface area contributed by atoms with Crippen LogP contribution in [0, 0.1) is 21.8 Å². The summed E-state index contributed by atoms with van der Waals surface area (Å²) in [5, 5.41) is 22.3. The van der Waals surface area contributed by atoms with Gasteiger partial charge in [-0.2, -0.15) is 4.39 Å². The lowest BCUT2D eigenvalue weighted by molar-refractivity contribution is -0.386. The predicted octanol–water partition coefficient (Wildman–Crippen LogP) is 2.01. The van der Waals surface area contributed by atoms with Gasteiger partial charge in [-0.05, 0) is 30.9 Å². The Labute approximate surface area is 102 Å². The second-order valence-corrected chi connectivity index (χ2v) is 4.19. The number of carbonyl (C=O) groups is 1. The Kier molecular flexibility index (Phi) is 3.14. The molecule has 2 rings (SSSR count). The summed E-state index contributed by atoms with van der Waals surface area (Å²) in [6, 6.07) is 2.66. The van der Waals surface area contributed by atoms with Crippen LogP contribution in [0.4, 0.5) is 15.8 Å². The van der Waals surface area contributed by atoms with E-state index in [1.165, 1.54) is 12.1 Å². The Bertz CT molecular complexity index is 502. The summed E-state index contributed by atoms with van der Waals surface area (Å²) in [6.45, 7) is 0. The summed E-state index contributed by atoms with van der Waals surface area (Å²) in [4.78, 5) is 20.9. The first-order valence-corrected chi connectivity index (χ1v) is 5.43. The molecule has 1 unspecified atom stereocenters. The minimum absolute atomic E-state index is 0.0506. The molecule has 6 nitrogen and oxygen atoms in total. The fourth-order valence-corrected chi connectivity index (χ4v) is 1.80. The first-order chi connectivity index (χ1) is 8.50.